The first kappa shape index (κ1) is 12.6. The molecule has 1 heterocycles. The number of para-hydroxylation sites is 1. The number of nitrogens with zero attached hydrogens (tertiary/aromatic N) is 1. The highest BCUT2D eigenvalue weighted by atomic mass is 32.1. The van der Waals surface area contributed by atoms with Gasteiger partial charge in [0.2, 0.25) is 0 Å². The fourth-order valence-corrected chi connectivity index (χ4v) is 2.34. The molecule has 1 N–H and O–H groups in total. The highest BCUT2D eigenvalue weighted by molar-refractivity contribution is 7.80. The molecule has 1 saturated heterocycles. The second kappa shape index (κ2) is 5.27. The van der Waals surface area contributed by atoms with E-state index in [2.05, 4.69) is 5.32 Å². The number of nitrogens with one attached hydrogen (secondary N) is 1. The summed E-state index contributed by atoms with van der Waals surface area (Å²) in [6.07, 6.45) is 1.91. The van der Waals surface area contributed by atoms with Crippen LogP contribution in [0.3, 0.4) is 0 Å². The van der Waals surface area contributed by atoms with E-state index in [4.69, 9.17) is 12.2 Å². The maximum absolute atomic E-state index is 12.1. The molecule has 2 aromatic rings. The SMILES string of the molecule is O=C1NC(=S)C(=Cc2ccccc2)N1c1ccccc1. The second-order valence-electron chi connectivity index (χ2n) is 4.37. The van der Waals surface area contributed by atoms with Gasteiger partial charge in [-0.15, -0.1) is 0 Å². The van der Waals surface area contributed by atoms with E-state index in [0.29, 0.717) is 10.7 Å². The van der Waals surface area contributed by atoms with E-state index in [0.717, 1.165) is 11.3 Å². The Balaban J connectivity index is 2.05. The molecule has 1 aliphatic heterocycles. The second-order valence-corrected chi connectivity index (χ2v) is 4.78. The maximum atomic E-state index is 12.1. The number of thiocarbonyl (C=S) groups is 1. The first-order valence-electron chi connectivity index (χ1n) is 6.23. The molecule has 1 aliphatic rings. The molecular formula is C16H12N2OS. The van der Waals surface area contributed by atoms with Crippen molar-refractivity contribution in [2.45, 2.75) is 0 Å². The molecule has 2 aromatic carbocycles. The maximum Gasteiger partial charge on any atom is 0.331 e. The number of rotatable bonds is 2. The molecule has 20 heavy (non-hydrogen) atoms. The lowest BCUT2D eigenvalue weighted by atomic mass is 10.2. The summed E-state index contributed by atoms with van der Waals surface area (Å²) in [5.74, 6) is 0. The van der Waals surface area contributed by atoms with Crippen LogP contribution >= 0.6 is 12.2 Å². The summed E-state index contributed by atoms with van der Waals surface area (Å²) in [5, 5.41) is 2.69. The van der Waals surface area contributed by atoms with Crippen molar-refractivity contribution < 1.29 is 4.79 Å². The van der Waals surface area contributed by atoms with Gasteiger partial charge in [0.05, 0.1) is 11.4 Å². The topological polar surface area (TPSA) is 32.3 Å². The van der Waals surface area contributed by atoms with Crippen LogP contribution < -0.4 is 10.2 Å². The summed E-state index contributed by atoms with van der Waals surface area (Å²) in [6.45, 7) is 0. The Hall–Kier alpha value is -2.46. The lowest BCUT2D eigenvalue weighted by molar-refractivity contribution is 0.254. The summed E-state index contributed by atoms with van der Waals surface area (Å²) >= 11 is 5.25. The van der Waals surface area contributed by atoms with Gasteiger partial charge < -0.3 is 0 Å². The zero-order valence-corrected chi connectivity index (χ0v) is 11.4. The van der Waals surface area contributed by atoms with Gasteiger partial charge >= 0.3 is 6.03 Å². The van der Waals surface area contributed by atoms with Crippen LogP contribution in [0.15, 0.2) is 66.4 Å². The third-order valence-corrected chi connectivity index (χ3v) is 3.33. The molecule has 0 unspecified atom stereocenters. The molecule has 3 nitrogen and oxygen atoms in total. The predicted molar refractivity (Wildman–Crippen MR) is 84.5 cm³/mol. The van der Waals surface area contributed by atoms with Crippen molar-refractivity contribution in [1.82, 2.24) is 5.32 Å². The smallest absolute Gasteiger partial charge is 0.296 e. The number of urea groups is 1. The van der Waals surface area contributed by atoms with Crippen molar-refractivity contribution in [2.75, 3.05) is 4.90 Å². The molecule has 0 aliphatic carbocycles. The van der Waals surface area contributed by atoms with Crippen LogP contribution in [0.2, 0.25) is 0 Å². The summed E-state index contributed by atoms with van der Waals surface area (Å²) in [7, 11) is 0. The number of anilines is 1. The Morgan fingerprint density at radius 2 is 1.55 bits per heavy atom. The van der Waals surface area contributed by atoms with Gasteiger partial charge in [-0.2, -0.15) is 0 Å². The standard InChI is InChI=1S/C16H12N2OS/c19-16-17-15(20)14(11-12-7-3-1-4-8-12)18(16)13-9-5-2-6-10-13/h1-11H,(H,17,19,20). The van der Waals surface area contributed by atoms with Crippen molar-refractivity contribution in [3.05, 3.63) is 71.9 Å². The van der Waals surface area contributed by atoms with Gasteiger partial charge in [0.25, 0.3) is 0 Å². The van der Waals surface area contributed by atoms with E-state index in [-0.39, 0.29) is 6.03 Å². The van der Waals surface area contributed by atoms with Crippen molar-refractivity contribution in [3.8, 4) is 0 Å². The molecule has 0 saturated carbocycles. The number of hydrogen-bond donors (Lipinski definition) is 1. The molecular weight excluding hydrogens is 268 g/mol. The molecule has 0 atom stereocenters. The molecule has 0 spiro atoms. The fraction of sp³-hybridized carbons (Fsp3) is 0. The highest BCUT2D eigenvalue weighted by Crippen LogP contribution is 2.25. The minimum Gasteiger partial charge on any atom is -0.296 e. The Morgan fingerprint density at radius 3 is 2.20 bits per heavy atom. The molecule has 0 radical (unpaired) electrons. The number of hydrogen-bond acceptors (Lipinski definition) is 2. The highest BCUT2D eigenvalue weighted by Gasteiger charge is 2.31. The summed E-state index contributed by atoms with van der Waals surface area (Å²) in [5.41, 5.74) is 2.50. The lowest BCUT2D eigenvalue weighted by Gasteiger charge is -2.15. The summed E-state index contributed by atoms with van der Waals surface area (Å²) in [4.78, 5) is 14.1. The first-order chi connectivity index (χ1) is 9.75. The number of amides is 2. The van der Waals surface area contributed by atoms with Crippen LogP contribution in [0.1, 0.15) is 5.56 Å². The molecule has 4 heteroatoms. The molecule has 0 aromatic heterocycles. The zero-order chi connectivity index (χ0) is 13.9. The zero-order valence-electron chi connectivity index (χ0n) is 10.6. The average Bonchev–Trinajstić information content (AvgIpc) is 2.75. The third-order valence-electron chi connectivity index (χ3n) is 3.01. The predicted octanol–water partition coefficient (Wildman–Crippen LogP) is 3.58. The van der Waals surface area contributed by atoms with Crippen LogP contribution in [0.4, 0.5) is 10.5 Å². The van der Waals surface area contributed by atoms with Gasteiger partial charge in [-0.25, -0.2) is 4.79 Å². The Bertz CT molecular complexity index is 680. The fourth-order valence-electron chi connectivity index (χ4n) is 2.10. The van der Waals surface area contributed by atoms with Gasteiger partial charge in [-0.05, 0) is 23.8 Å². The van der Waals surface area contributed by atoms with Crippen molar-refractivity contribution in [3.63, 3.8) is 0 Å². The Morgan fingerprint density at radius 1 is 0.950 bits per heavy atom. The van der Waals surface area contributed by atoms with Gasteiger partial charge in [-0.1, -0.05) is 60.7 Å². The molecule has 3 rings (SSSR count). The van der Waals surface area contributed by atoms with Crippen LogP contribution in [-0.4, -0.2) is 11.0 Å². The van der Waals surface area contributed by atoms with E-state index in [9.17, 15) is 4.79 Å². The molecule has 0 bridgehead atoms. The van der Waals surface area contributed by atoms with Crippen LogP contribution in [-0.2, 0) is 0 Å². The Labute approximate surface area is 122 Å². The summed E-state index contributed by atoms with van der Waals surface area (Å²) in [6, 6.07) is 19.0. The number of carbonyl (C=O) groups is 1. The normalized spacial score (nSPS) is 16.6. The third kappa shape index (κ3) is 2.33. The first-order valence-corrected chi connectivity index (χ1v) is 6.64. The van der Waals surface area contributed by atoms with Crippen molar-refractivity contribution in [1.29, 1.82) is 0 Å². The molecule has 98 valence electrons. The van der Waals surface area contributed by atoms with Crippen molar-refractivity contribution >= 4 is 35.0 Å². The minimum absolute atomic E-state index is 0.219. The van der Waals surface area contributed by atoms with Crippen molar-refractivity contribution in [2.24, 2.45) is 0 Å². The molecule has 1 fully saturated rings. The van der Waals surface area contributed by atoms with Gasteiger partial charge in [0.15, 0.2) is 0 Å². The monoisotopic (exact) mass is 280 g/mol. The van der Waals surface area contributed by atoms with E-state index in [1.165, 1.54) is 0 Å². The van der Waals surface area contributed by atoms with Crippen LogP contribution in [0, 0.1) is 0 Å². The van der Waals surface area contributed by atoms with Crippen LogP contribution in [0.25, 0.3) is 6.08 Å². The Kier molecular flexibility index (Phi) is 3.31. The lowest BCUT2D eigenvalue weighted by Crippen LogP contribution is -2.27. The summed E-state index contributed by atoms with van der Waals surface area (Å²) < 4.78 is 0. The van der Waals surface area contributed by atoms with E-state index in [1.54, 1.807) is 4.90 Å². The van der Waals surface area contributed by atoms with Gasteiger partial charge in [0, 0.05) is 0 Å². The van der Waals surface area contributed by atoms with Crippen LogP contribution in [0.5, 0.6) is 0 Å². The van der Waals surface area contributed by atoms with Gasteiger partial charge in [0.1, 0.15) is 4.99 Å². The quantitative estimate of drug-likeness (QED) is 0.673. The average molecular weight is 280 g/mol. The largest absolute Gasteiger partial charge is 0.331 e. The van der Waals surface area contributed by atoms with Gasteiger partial charge in [-0.3, -0.25) is 10.2 Å². The minimum atomic E-state index is -0.219. The van der Waals surface area contributed by atoms with E-state index >= 15 is 0 Å². The van der Waals surface area contributed by atoms with E-state index < -0.39 is 0 Å². The number of benzene rings is 2. The molecule has 2 amide bonds. The van der Waals surface area contributed by atoms with E-state index in [1.807, 2.05) is 66.7 Å². The number of carbonyl (C=O) groups excluding carboxylic acids is 1.